The zero-order chi connectivity index (χ0) is 15.6. The molecule has 0 aromatic carbocycles. The molecule has 0 bridgehead atoms. The Kier molecular flexibility index (Phi) is 4.00. The molecule has 0 aliphatic heterocycles. The average Bonchev–Trinajstić information content (AvgIpc) is 3.19. The first-order valence-corrected chi connectivity index (χ1v) is 7.75. The van der Waals surface area contributed by atoms with Crippen LogP contribution in [0.1, 0.15) is 62.7 Å². The van der Waals surface area contributed by atoms with Gasteiger partial charge in [0.15, 0.2) is 5.82 Å². The zero-order valence-corrected chi connectivity index (χ0v) is 13.0. The van der Waals surface area contributed by atoms with E-state index in [0.29, 0.717) is 18.1 Å². The van der Waals surface area contributed by atoms with E-state index in [9.17, 15) is 4.79 Å². The molecule has 2 aromatic rings. The van der Waals surface area contributed by atoms with E-state index in [0.717, 1.165) is 31.2 Å². The lowest BCUT2D eigenvalue weighted by atomic mass is 9.96. The Morgan fingerprint density at radius 3 is 2.77 bits per heavy atom. The van der Waals surface area contributed by atoms with Gasteiger partial charge >= 0.3 is 0 Å². The number of furan rings is 1. The summed E-state index contributed by atoms with van der Waals surface area (Å²) < 4.78 is 10.3. The molecule has 2 aromatic heterocycles. The van der Waals surface area contributed by atoms with Crippen LogP contribution < -0.4 is 5.32 Å². The number of nitrogens with zero attached hydrogens (tertiary/aromatic N) is 2. The van der Waals surface area contributed by atoms with Crippen LogP contribution in [0.5, 0.6) is 0 Å². The van der Waals surface area contributed by atoms with Crippen molar-refractivity contribution in [2.45, 2.75) is 57.4 Å². The second-order valence-electron chi connectivity index (χ2n) is 6.26. The summed E-state index contributed by atoms with van der Waals surface area (Å²) in [6, 6.07) is 1.80. The van der Waals surface area contributed by atoms with Gasteiger partial charge in [-0.3, -0.25) is 4.79 Å². The molecule has 0 saturated heterocycles. The standard InChI is InChI=1S/C16H21N3O3/c1-11(2)14-17-15(19-22-14)16(6-3-4-7-16)18-13(20)9-12-5-8-21-10-12/h5,8,10-11H,3-4,6-7,9H2,1-2H3,(H,18,20). The van der Waals surface area contributed by atoms with Crippen LogP contribution in [0, 0.1) is 0 Å². The number of amides is 1. The second-order valence-corrected chi connectivity index (χ2v) is 6.26. The Morgan fingerprint density at radius 2 is 2.18 bits per heavy atom. The van der Waals surface area contributed by atoms with E-state index >= 15 is 0 Å². The molecule has 0 spiro atoms. The first-order valence-electron chi connectivity index (χ1n) is 7.75. The van der Waals surface area contributed by atoms with Crippen LogP contribution in [0.4, 0.5) is 0 Å². The molecule has 6 heteroatoms. The molecule has 0 unspecified atom stereocenters. The molecular formula is C16H21N3O3. The Labute approximate surface area is 129 Å². The van der Waals surface area contributed by atoms with E-state index < -0.39 is 5.54 Å². The molecule has 0 radical (unpaired) electrons. The summed E-state index contributed by atoms with van der Waals surface area (Å²) in [4.78, 5) is 16.8. The van der Waals surface area contributed by atoms with Crippen molar-refractivity contribution in [3.05, 3.63) is 35.9 Å². The van der Waals surface area contributed by atoms with Gasteiger partial charge in [0.25, 0.3) is 0 Å². The number of hydrogen-bond donors (Lipinski definition) is 1. The number of nitrogens with one attached hydrogen (secondary N) is 1. The molecule has 1 aliphatic carbocycles. The van der Waals surface area contributed by atoms with Gasteiger partial charge in [0.1, 0.15) is 5.54 Å². The fourth-order valence-electron chi connectivity index (χ4n) is 2.94. The van der Waals surface area contributed by atoms with Gasteiger partial charge in [0, 0.05) is 5.92 Å². The molecule has 22 heavy (non-hydrogen) atoms. The van der Waals surface area contributed by atoms with E-state index in [4.69, 9.17) is 8.94 Å². The summed E-state index contributed by atoms with van der Waals surface area (Å²) >= 11 is 0. The van der Waals surface area contributed by atoms with E-state index in [1.54, 1.807) is 18.6 Å². The van der Waals surface area contributed by atoms with Crippen molar-refractivity contribution in [2.75, 3.05) is 0 Å². The molecule has 1 saturated carbocycles. The van der Waals surface area contributed by atoms with Crippen LogP contribution in [0.2, 0.25) is 0 Å². The summed E-state index contributed by atoms with van der Waals surface area (Å²) in [7, 11) is 0. The maximum atomic E-state index is 12.3. The van der Waals surface area contributed by atoms with Gasteiger partial charge in [-0.15, -0.1) is 0 Å². The van der Waals surface area contributed by atoms with Gasteiger partial charge in [0.2, 0.25) is 11.8 Å². The molecular weight excluding hydrogens is 282 g/mol. The fraction of sp³-hybridized carbons (Fsp3) is 0.562. The van der Waals surface area contributed by atoms with Gasteiger partial charge in [-0.2, -0.15) is 4.98 Å². The van der Waals surface area contributed by atoms with Crippen molar-refractivity contribution < 1.29 is 13.7 Å². The zero-order valence-electron chi connectivity index (χ0n) is 13.0. The number of carbonyl (C=O) groups excluding carboxylic acids is 1. The molecule has 118 valence electrons. The van der Waals surface area contributed by atoms with Gasteiger partial charge in [0.05, 0.1) is 18.9 Å². The Hall–Kier alpha value is -2.11. The Balaban J connectivity index is 1.77. The molecule has 1 N–H and O–H groups in total. The minimum absolute atomic E-state index is 0.0424. The molecule has 1 fully saturated rings. The van der Waals surface area contributed by atoms with Crippen molar-refractivity contribution in [1.29, 1.82) is 0 Å². The lowest BCUT2D eigenvalue weighted by Crippen LogP contribution is -2.45. The van der Waals surface area contributed by atoms with Gasteiger partial charge in [-0.25, -0.2) is 0 Å². The maximum Gasteiger partial charge on any atom is 0.229 e. The summed E-state index contributed by atoms with van der Waals surface area (Å²) in [5.74, 6) is 1.36. The third kappa shape index (κ3) is 2.91. The number of carbonyl (C=O) groups is 1. The Bertz CT molecular complexity index is 625. The average molecular weight is 303 g/mol. The maximum absolute atomic E-state index is 12.3. The van der Waals surface area contributed by atoms with Crippen molar-refractivity contribution in [2.24, 2.45) is 0 Å². The minimum Gasteiger partial charge on any atom is -0.472 e. The lowest BCUT2D eigenvalue weighted by molar-refractivity contribution is -0.122. The first kappa shape index (κ1) is 14.8. The van der Waals surface area contributed by atoms with Crippen molar-refractivity contribution in [3.63, 3.8) is 0 Å². The normalized spacial score (nSPS) is 17.0. The van der Waals surface area contributed by atoms with E-state index in [1.807, 2.05) is 13.8 Å². The highest BCUT2D eigenvalue weighted by Crippen LogP contribution is 2.37. The van der Waals surface area contributed by atoms with Crippen molar-refractivity contribution >= 4 is 5.91 Å². The smallest absolute Gasteiger partial charge is 0.229 e. The number of rotatable bonds is 5. The van der Waals surface area contributed by atoms with Gasteiger partial charge < -0.3 is 14.3 Å². The highest BCUT2D eigenvalue weighted by atomic mass is 16.5. The van der Waals surface area contributed by atoms with E-state index in [1.165, 1.54) is 0 Å². The van der Waals surface area contributed by atoms with Crippen LogP contribution in [0.25, 0.3) is 0 Å². The molecule has 3 rings (SSSR count). The van der Waals surface area contributed by atoms with Crippen LogP contribution in [0.15, 0.2) is 27.5 Å². The first-order chi connectivity index (χ1) is 10.6. The van der Waals surface area contributed by atoms with Crippen LogP contribution in [-0.2, 0) is 16.8 Å². The monoisotopic (exact) mass is 303 g/mol. The highest BCUT2D eigenvalue weighted by molar-refractivity contribution is 5.79. The topological polar surface area (TPSA) is 81.2 Å². The largest absolute Gasteiger partial charge is 0.472 e. The summed E-state index contributed by atoms with van der Waals surface area (Å²) in [6.07, 6.45) is 7.26. The summed E-state index contributed by atoms with van der Waals surface area (Å²) in [5.41, 5.74) is 0.374. The summed E-state index contributed by atoms with van der Waals surface area (Å²) in [5, 5.41) is 7.26. The van der Waals surface area contributed by atoms with Crippen LogP contribution in [0.3, 0.4) is 0 Å². The predicted octanol–water partition coefficient (Wildman–Crippen LogP) is 2.91. The van der Waals surface area contributed by atoms with Gasteiger partial charge in [-0.1, -0.05) is 31.8 Å². The van der Waals surface area contributed by atoms with Crippen molar-refractivity contribution in [3.8, 4) is 0 Å². The number of hydrogen-bond acceptors (Lipinski definition) is 5. The summed E-state index contributed by atoms with van der Waals surface area (Å²) in [6.45, 7) is 4.02. The fourth-order valence-corrected chi connectivity index (χ4v) is 2.94. The molecule has 0 atom stereocenters. The predicted molar refractivity (Wildman–Crippen MR) is 79.1 cm³/mol. The molecule has 6 nitrogen and oxygen atoms in total. The van der Waals surface area contributed by atoms with Crippen LogP contribution in [-0.4, -0.2) is 16.0 Å². The molecule has 1 aliphatic rings. The third-order valence-corrected chi connectivity index (χ3v) is 4.14. The third-order valence-electron chi connectivity index (χ3n) is 4.14. The van der Waals surface area contributed by atoms with Gasteiger partial charge in [-0.05, 0) is 24.5 Å². The van der Waals surface area contributed by atoms with E-state index in [-0.39, 0.29) is 11.8 Å². The van der Waals surface area contributed by atoms with Crippen LogP contribution >= 0.6 is 0 Å². The highest BCUT2D eigenvalue weighted by Gasteiger charge is 2.41. The number of aromatic nitrogens is 2. The Morgan fingerprint density at radius 1 is 1.41 bits per heavy atom. The minimum atomic E-state index is -0.489. The van der Waals surface area contributed by atoms with E-state index in [2.05, 4.69) is 15.5 Å². The second kappa shape index (κ2) is 5.94. The SMILES string of the molecule is CC(C)c1nc(C2(NC(=O)Cc3ccoc3)CCCC2)no1. The lowest BCUT2D eigenvalue weighted by Gasteiger charge is -2.26. The quantitative estimate of drug-likeness (QED) is 0.918. The molecule has 2 heterocycles. The van der Waals surface area contributed by atoms with Crippen molar-refractivity contribution in [1.82, 2.24) is 15.5 Å². The molecule has 1 amide bonds.